The van der Waals surface area contributed by atoms with Crippen molar-refractivity contribution in [3.05, 3.63) is 17.9 Å². The third-order valence-corrected chi connectivity index (χ3v) is 4.79. The van der Waals surface area contributed by atoms with Gasteiger partial charge < -0.3 is 14.5 Å². The number of hydrogen-bond acceptors (Lipinski definition) is 5. The molecule has 1 aromatic heterocycles. The molecule has 0 amide bonds. The zero-order valence-corrected chi connectivity index (χ0v) is 13.4. The van der Waals surface area contributed by atoms with Gasteiger partial charge in [0.25, 0.3) is 10.0 Å². The molecule has 21 heavy (non-hydrogen) atoms. The molecule has 2 rings (SSSR count). The Balaban J connectivity index is 1.89. The van der Waals surface area contributed by atoms with E-state index in [1.54, 1.807) is 6.07 Å². The minimum Gasteiger partial charge on any atom is -0.447 e. The lowest BCUT2D eigenvalue weighted by molar-refractivity contribution is 0.0678. The molecule has 120 valence electrons. The average molecular weight is 316 g/mol. The van der Waals surface area contributed by atoms with E-state index in [4.69, 9.17) is 9.15 Å². The molecule has 1 aliphatic heterocycles. The monoisotopic (exact) mass is 316 g/mol. The van der Waals surface area contributed by atoms with Gasteiger partial charge in [-0.25, -0.2) is 13.1 Å². The lowest BCUT2D eigenvalue weighted by atomic mass is 10.0. The van der Waals surface area contributed by atoms with Crippen LogP contribution in [0, 0.1) is 5.92 Å². The van der Waals surface area contributed by atoms with E-state index in [2.05, 4.69) is 10.0 Å². The molecule has 7 heteroatoms. The Hall–Kier alpha value is -0.890. The van der Waals surface area contributed by atoms with Gasteiger partial charge in [-0.05, 0) is 30.9 Å². The first-order valence-corrected chi connectivity index (χ1v) is 8.85. The molecule has 1 aliphatic rings. The summed E-state index contributed by atoms with van der Waals surface area (Å²) in [6, 6.07) is 3.52. The molecule has 1 aromatic rings. The normalized spacial score (nSPS) is 17.5. The minimum absolute atomic E-state index is 0.0184. The van der Waals surface area contributed by atoms with Crippen molar-refractivity contribution in [1.82, 2.24) is 10.0 Å². The highest BCUT2D eigenvalue weighted by atomic mass is 32.2. The summed E-state index contributed by atoms with van der Waals surface area (Å²) in [6.45, 7) is 6.42. The van der Waals surface area contributed by atoms with E-state index in [1.807, 2.05) is 13.8 Å². The van der Waals surface area contributed by atoms with E-state index in [9.17, 15) is 8.42 Å². The van der Waals surface area contributed by atoms with Crippen LogP contribution in [-0.2, 0) is 21.3 Å². The maximum atomic E-state index is 12.2. The van der Waals surface area contributed by atoms with Gasteiger partial charge in [0.05, 0.1) is 6.54 Å². The van der Waals surface area contributed by atoms with E-state index in [0.717, 1.165) is 12.8 Å². The Morgan fingerprint density at radius 2 is 2.00 bits per heavy atom. The molecular formula is C14H24N2O4S. The Kier molecular flexibility index (Phi) is 5.80. The molecule has 1 fully saturated rings. The molecule has 0 radical (unpaired) electrons. The van der Waals surface area contributed by atoms with Crippen LogP contribution in [0.15, 0.2) is 21.6 Å². The van der Waals surface area contributed by atoms with Crippen molar-refractivity contribution < 1.29 is 17.6 Å². The maximum Gasteiger partial charge on any atom is 0.273 e. The average Bonchev–Trinajstić information content (AvgIpc) is 2.94. The van der Waals surface area contributed by atoms with Gasteiger partial charge in [0.2, 0.25) is 5.09 Å². The van der Waals surface area contributed by atoms with Crippen LogP contribution in [0.1, 0.15) is 32.4 Å². The SMILES string of the molecule is CC(C)NCc1ccc(S(=O)(=O)NCC2CCOCC2)o1. The van der Waals surface area contributed by atoms with Gasteiger partial charge in [-0.15, -0.1) is 0 Å². The molecular weight excluding hydrogens is 292 g/mol. The molecule has 0 unspecified atom stereocenters. The highest BCUT2D eigenvalue weighted by Crippen LogP contribution is 2.17. The lowest BCUT2D eigenvalue weighted by Gasteiger charge is -2.21. The zero-order chi connectivity index (χ0) is 15.3. The molecule has 2 N–H and O–H groups in total. The van der Waals surface area contributed by atoms with E-state index in [-0.39, 0.29) is 5.09 Å². The van der Waals surface area contributed by atoms with E-state index in [1.165, 1.54) is 6.07 Å². The number of sulfonamides is 1. The van der Waals surface area contributed by atoms with Crippen molar-refractivity contribution in [3.63, 3.8) is 0 Å². The second-order valence-corrected chi connectivity index (χ2v) is 7.36. The van der Waals surface area contributed by atoms with Crippen molar-refractivity contribution >= 4 is 10.0 Å². The van der Waals surface area contributed by atoms with Crippen LogP contribution in [0.5, 0.6) is 0 Å². The van der Waals surface area contributed by atoms with Gasteiger partial charge in [-0.1, -0.05) is 13.8 Å². The molecule has 0 spiro atoms. The van der Waals surface area contributed by atoms with Crippen molar-refractivity contribution in [2.45, 2.75) is 44.4 Å². The van der Waals surface area contributed by atoms with Gasteiger partial charge in [-0.2, -0.15) is 0 Å². The largest absolute Gasteiger partial charge is 0.447 e. The molecule has 6 nitrogen and oxygen atoms in total. The molecule has 0 saturated carbocycles. The summed E-state index contributed by atoms with van der Waals surface area (Å²) >= 11 is 0. The molecule has 2 heterocycles. The van der Waals surface area contributed by atoms with Gasteiger partial charge in [-0.3, -0.25) is 0 Å². The van der Waals surface area contributed by atoms with Crippen LogP contribution in [-0.4, -0.2) is 34.2 Å². The number of nitrogens with one attached hydrogen (secondary N) is 2. The summed E-state index contributed by atoms with van der Waals surface area (Å²) in [6.07, 6.45) is 1.79. The van der Waals surface area contributed by atoms with Gasteiger partial charge in [0, 0.05) is 25.8 Å². The number of ether oxygens (including phenoxy) is 1. The number of furan rings is 1. The predicted molar refractivity (Wildman–Crippen MR) is 79.4 cm³/mol. The van der Waals surface area contributed by atoms with Gasteiger partial charge in [0.1, 0.15) is 5.76 Å². The molecule has 0 aliphatic carbocycles. The highest BCUT2D eigenvalue weighted by molar-refractivity contribution is 7.89. The van der Waals surface area contributed by atoms with Crippen LogP contribution < -0.4 is 10.0 Å². The topological polar surface area (TPSA) is 80.6 Å². The van der Waals surface area contributed by atoms with Crippen molar-refractivity contribution in [2.75, 3.05) is 19.8 Å². The fraction of sp³-hybridized carbons (Fsp3) is 0.714. The smallest absolute Gasteiger partial charge is 0.273 e. The first-order valence-electron chi connectivity index (χ1n) is 7.37. The van der Waals surface area contributed by atoms with Crippen LogP contribution in [0.2, 0.25) is 0 Å². The van der Waals surface area contributed by atoms with Gasteiger partial charge >= 0.3 is 0 Å². The zero-order valence-electron chi connectivity index (χ0n) is 12.6. The van der Waals surface area contributed by atoms with Crippen molar-refractivity contribution in [1.29, 1.82) is 0 Å². The minimum atomic E-state index is -3.56. The lowest BCUT2D eigenvalue weighted by Crippen LogP contribution is -2.32. The summed E-state index contributed by atoms with van der Waals surface area (Å²) in [4.78, 5) is 0. The van der Waals surface area contributed by atoms with E-state index in [0.29, 0.717) is 44.0 Å². The molecule has 0 bridgehead atoms. The second-order valence-electron chi connectivity index (χ2n) is 5.66. The standard InChI is InChI=1S/C14H24N2O4S/c1-11(2)15-10-13-3-4-14(20-13)21(17,18)16-9-12-5-7-19-8-6-12/h3-4,11-12,15-16H,5-10H2,1-2H3. The number of hydrogen-bond donors (Lipinski definition) is 2. The van der Waals surface area contributed by atoms with Crippen LogP contribution in [0.3, 0.4) is 0 Å². The quantitative estimate of drug-likeness (QED) is 0.796. The van der Waals surface area contributed by atoms with Crippen LogP contribution in [0.4, 0.5) is 0 Å². The Morgan fingerprint density at radius 3 is 2.67 bits per heavy atom. The summed E-state index contributed by atoms with van der Waals surface area (Å²) in [5, 5.41) is 3.17. The maximum absolute atomic E-state index is 12.2. The molecule has 1 saturated heterocycles. The first-order chi connectivity index (χ1) is 9.97. The summed E-state index contributed by atoms with van der Waals surface area (Å²) in [5.41, 5.74) is 0. The fourth-order valence-corrected chi connectivity index (χ4v) is 3.21. The van der Waals surface area contributed by atoms with Gasteiger partial charge in [0.15, 0.2) is 0 Å². The molecule has 0 atom stereocenters. The molecule has 0 aromatic carbocycles. The third kappa shape index (κ3) is 5.10. The van der Waals surface area contributed by atoms with E-state index >= 15 is 0 Å². The van der Waals surface area contributed by atoms with Crippen molar-refractivity contribution in [2.24, 2.45) is 5.92 Å². The fourth-order valence-electron chi connectivity index (χ4n) is 2.15. The van der Waals surface area contributed by atoms with Crippen LogP contribution >= 0.6 is 0 Å². The summed E-state index contributed by atoms with van der Waals surface area (Å²) in [7, 11) is -3.56. The third-order valence-electron chi connectivity index (χ3n) is 3.49. The second kappa shape index (κ2) is 7.40. The first kappa shape index (κ1) is 16.5. The number of rotatable bonds is 7. The van der Waals surface area contributed by atoms with Crippen LogP contribution in [0.25, 0.3) is 0 Å². The summed E-state index contributed by atoms with van der Waals surface area (Å²) in [5.74, 6) is 0.959. The summed E-state index contributed by atoms with van der Waals surface area (Å²) < 4.78 is 37.6. The predicted octanol–water partition coefficient (Wildman–Crippen LogP) is 1.48. The van der Waals surface area contributed by atoms with E-state index < -0.39 is 10.0 Å². The highest BCUT2D eigenvalue weighted by Gasteiger charge is 2.21. The Morgan fingerprint density at radius 1 is 1.29 bits per heavy atom. The van der Waals surface area contributed by atoms with Crippen molar-refractivity contribution in [3.8, 4) is 0 Å². The Bertz CT molecular complexity index is 533. The Labute approximate surface area is 126 Å².